The molecule has 0 bridgehead atoms. The van der Waals surface area contributed by atoms with E-state index in [1.807, 2.05) is 10.6 Å². The van der Waals surface area contributed by atoms with E-state index in [0.717, 1.165) is 52.4 Å². The quantitative estimate of drug-likeness (QED) is 0.0180. The van der Waals surface area contributed by atoms with Crippen LogP contribution in [0.1, 0.15) is 12.8 Å². The highest BCUT2D eigenvalue weighted by Gasteiger charge is 2.20. The van der Waals surface area contributed by atoms with Crippen LogP contribution in [0.5, 0.6) is 0 Å². The average molecular weight is 1720 g/mol. The van der Waals surface area contributed by atoms with E-state index in [9.17, 15) is 67.7 Å². The first-order valence-corrected chi connectivity index (χ1v) is 35.6. The maximum atomic E-state index is 10.7. The number of carboxylic acids is 1. The standard InChI is InChI=1S/C5H14N4O.C5H13N3O2.C5H11N3O.C5H12N2O3.2C5H10N2O2.C5H9NO4.2C3H8N2O2.C3H6N2O.C3H5NO2.4C2H8N2.2CH2O3/c6-1-3-8-5(10)9-4-2-7;6-1-3-8-5(9)10-4-2-7;6-1-3-8-4-2-7-5(8)9;6-1-3-9-5(8)10-4-2-7;6-1-2-7-3-4-9-5(7)8;8-4-3-7-2-1-6-5(7)9;7-4(8)2-1-3-6-5(9)10;2*4-1-2-5-3(6)7;6-3-4-1-2-5-3;5-3-4-1-2-6-3;4*3-1-2-4;2*2-1(3)4/h1-4,6-7H2,(H2,8,9,10);1-4,6-7H2,(H,8,9);1-4,6H2,(H,7,9);1-4,6-7H2;1-4,6H2;8H,1-4H2,(H,6,9);6H,1-3H2,(H,7,8)(H,9,10);2*5H,1-2,4H2,(H,6,7);1-2H2,(H2,4,5,6);1-2H2,(H,4,5);4*1-4H2;2*(H2,2,3,4). The number of ether oxygens (including phenoxy) is 5. The lowest BCUT2D eigenvalue weighted by molar-refractivity contribution is -0.415. The Morgan fingerprint density at radius 2 is 0.803 bits per heavy atom. The SMILES string of the molecule is NCCN.NCCN1CCNC1=O.NCCN1CCOC1=O.NCCNC(=O)NCCN.NCCNC(=O)O.NCCNC(=O)OCCN.NCCOC(=O)OCCN.NCC[NH3+].NCC[NH3+].NCC[NH3+].O=C(O)O.O=C([O-])CCCNC(=O)O.O=C([O-])[O-].O=C1NCCN1.O=C1NCCN1CCO.O=C1NCCO1.[NH3+]CCNC(=O)[O-]. The monoisotopic (exact) mass is 1720 g/mol. The fourth-order valence-electron chi connectivity index (χ4n) is 5.21. The Labute approximate surface area is 678 Å². The number of aliphatic hydroxyl groups is 1. The molecular formula is C57H142N32O28. The molecule has 5 aliphatic heterocycles. The van der Waals surface area contributed by atoms with Crippen molar-refractivity contribution in [3.63, 3.8) is 0 Å². The summed E-state index contributed by atoms with van der Waals surface area (Å²) < 4.78 is 22.5. The molecule has 0 aromatic rings. The fourth-order valence-corrected chi connectivity index (χ4v) is 5.21. The molecule has 117 heavy (non-hydrogen) atoms. The van der Waals surface area contributed by atoms with Crippen molar-refractivity contribution >= 4 is 85.1 Å². The first-order valence-electron chi connectivity index (χ1n) is 35.6. The van der Waals surface area contributed by atoms with Crippen molar-refractivity contribution in [3.05, 3.63) is 0 Å². The van der Waals surface area contributed by atoms with E-state index in [2.05, 4.69) is 94.5 Å². The van der Waals surface area contributed by atoms with Crippen molar-refractivity contribution in [2.24, 2.45) is 80.3 Å². The summed E-state index contributed by atoms with van der Waals surface area (Å²) in [6.07, 6.45) is -9.11. The Hall–Kier alpha value is -10.8. The van der Waals surface area contributed by atoms with E-state index < -0.39 is 48.8 Å². The lowest BCUT2D eigenvalue weighted by Gasteiger charge is -2.10. The summed E-state index contributed by atoms with van der Waals surface area (Å²) in [5, 5.41) is 101. The van der Waals surface area contributed by atoms with E-state index in [0.29, 0.717) is 183 Å². The van der Waals surface area contributed by atoms with E-state index >= 15 is 0 Å². The Morgan fingerprint density at radius 3 is 1.05 bits per heavy atom. The number of carbonyl (C=O) groups excluding carboxylic acids is 11. The largest absolute Gasteiger partial charge is 0.652 e. The number of cyclic esters (lactones) is 2. The summed E-state index contributed by atoms with van der Waals surface area (Å²) in [6, 6.07) is -0.310. The molecule has 60 heteroatoms. The highest BCUT2D eigenvalue weighted by molar-refractivity contribution is 5.77. The van der Waals surface area contributed by atoms with Crippen LogP contribution in [0.3, 0.4) is 0 Å². The van der Waals surface area contributed by atoms with Crippen LogP contribution < -0.4 is 182 Å². The summed E-state index contributed by atoms with van der Waals surface area (Å²) in [6.45, 7) is 21.7. The molecule has 5 saturated heterocycles. The number of carbonyl (C=O) groups is 14. The second-order valence-electron chi connectivity index (χ2n) is 19.8. The molecule has 60 nitrogen and oxygen atoms in total. The zero-order valence-corrected chi connectivity index (χ0v) is 66.8. The van der Waals surface area contributed by atoms with Gasteiger partial charge in [0.25, 0.3) is 0 Å². The van der Waals surface area contributed by atoms with Gasteiger partial charge in [0, 0.05) is 189 Å². The van der Waals surface area contributed by atoms with Crippen LogP contribution >= 0.6 is 0 Å². The second-order valence-corrected chi connectivity index (χ2v) is 19.8. The Balaban J connectivity index is -0.000000101. The number of hydrogen-bond donors (Lipinski definition) is 34. The molecule has 0 radical (unpaired) electrons. The molecule has 0 aromatic carbocycles. The van der Waals surface area contributed by atoms with Crippen LogP contribution in [-0.2, 0) is 28.5 Å². The Bertz CT molecular complexity index is 2060. The van der Waals surface area contributed by atoms with Gasteiger partial charge >= 0.3 is 66.9 Å². The summed E-state index contributed by atoms with van der Waals surface area (Å²) in [5.74, 6) is -1.16. The van der Waals surface area contributed by atoms with E-state index in [1.54, 1.807) is 14.7 Å². The van der Waals surface area contributed by atoms with Gasteiger partial charge in [0.05, 0.1) is 52.4 Å². The molecule has 56 N–H and O–H groups in total. The lowest BCUT2D eigenvalue weighted by Crippen LogP contribution is -2.56. The van der Waals surface area contributed by atoms with Crippen LogP contribution in [0, 0.1) is 0 Å². The van der Waals surface area contributed by atoms with E-state index in [4.69, 9.17) is 126 Å². The van der Waals surface area contributed by atoms with Gasteiger partial charge in [-0.3, -0.25) is 0 Å². The summed E-state index contributed by atoms with van der Waals surface area (Å²) >= 11 is 0. The Morgan fingerprint density at radius 1 is 0.419 bits per heavy atom. The highest BCUT2D eigenvalue weighted by atomic mass is 16.7. The topological polar surface area (TPSA) is 1100 Å². The minimum Gasteiger partial charge on any atom is -0.652 e. The molecule has 5 heterocycles. The maximum absolute atomic E-state index is 10.7. The maximum Gasteiger partial charge on any atom is 0.508 e. The number of urea groups is 4. The number of nitrogens with zero attached hydrogens (tertiary/aromatic N) is 3. The number of carboxylic acid groups (broad SMARTS) is 8. The van der Waals surface area contributed by atoms with Gasteiger partial charge in [-0.15, -0.1) is 0 Å². The van der Waals surface area contributed by atoms with Gasteiger partial charge in [-0.25, -0.2) is 52.7 Å². The van der Waals surface area contributed by atoms with Crippen molar-refractivity contribution in [1.82, 2.24) is 73.2 Å². The Kier molecular flexibility index (Phi) is 131. The van der Waals surface area contributed by atoms with Crippen LogP contribution in [0.15, 0.2) is 0 Å². The first kappa shape index (κ1) is 132. The minimum absolute atomic E-state index is 0.0143. The number of rotatable bonds is 30. The zero-order chi connectivity index (χ0) is 92.5. The van der Waals surface area contributed by atoms with Crippen molar-refractivity contribution in [1.29, 1.82) is 0 Å². The predicted octanol–water partition coefficient (Wildman–Crippen LogP) is -21.3. The van der Waals surface area contributed by atoms with E-state index in [1.165, 1.54) is 0 Å². The molecule has 14 amide bonds. The zero-order valence-electron chi connectivity index (χ0n) is 66.8. The van der Waals surface area contributed by atoms with Crippen molar-refractivity contribution < 1.29 is 160 Å². The first-order chi connectivity index (χ1) is 55.5. The molecule has 0 spiro atoms. The van der Waals surface area contributed by atoms with Gasteiger partial charge in [0.2, 0.25) is 0 Å². The molecule has 0 aliphatic carbocycles. The third-order valence-electron chi connectivity index (χ3n) is 9.98. The number of aliphatic hydroxyl groups excluding tert-OH is 1. The summed E-state index contributed by atoms with van der Waals surface area (Å²) in [5.41, 5.74) is 84.5. The third kappa shape index (κ3) is 154. The average Bonchev–Trinajstić information content (AvgIpc) is 1.81. The van der Waals surface area contributed by atoms with Crippen molar-refractivity contribution in [2.45, 2.75) is 12.8 Å². The van der Waals surface area contributed by atoms with Gasteiger partial charge in [0.15, 0.2) is 0 Å². The molecule has 0 saturated carbocycles. The summed E-state index contributed by atoms with van der Waals surface area (Å²) in [7, 11) is 0. The predicted molar refractivity (Wildman–Crippen MR) is 412 cm³/mol. The number of β-amino-alcohol motifs (C(OH)–C–C–N with tert-alkyl or cyclic N) is 1. The molecule has 5 fully saturated rings. The minimum atomic E-state index is -2.33. The van der Waals surface area contributed by atoms with Gasteiger partial charge < -0.3 is 260 Å². The molecule has 5 aliphatic rings. The van der Waals surface area contributed by atoms with Crippen LogP contribution in [0.2, 0.25) is 0 Å². The number of hydrogen-bond acceptors (Lipinski definition) is 38. The number of nitrogens with two attached hydrogens (primary N) is 14. The number of alkyl carbamates (subject to hydrolysis) is 2. The fraction of sp³-hybridized carbons (Fsp3) is 0.754. The van der Waals surface area contributed by atoms with Gasteiger partial charge in [-0.05, 0) is 19.0 Å². The molecular weight excluding hydrogens is 1580 g/mol. The number of nitrogens with one attached hydrogen (secondary N) is 11. The van der Waals surface area contributed by atoms with Crippen molar-refractivity contribution in [3.8, 4) is 0 Å². The summed E-state index contributed by atoms with van der Waals surface area (Å²) in [4.78, 5) is 144. The molecule has 5 rings (SSSR count). The van der Waals surface area contributed by atoms with Crippen LogP contribution in [0.4, 0.5) is 62.3 Å². The van der Waals surface area contributed by atoms with Gasteiger partial charge in [-0.1, -0.05) is 0 Å². The number of quaternary nitrogens is 4. The van der Waals surface area contributed by atoms with Crippen molar-refractivity contribution in [2.75, 3.05) is 269 Å². The molecule has 0 unspecified atom stereocenters. The third-order valence-corrected chi connectivity index (χ3v) is 9.98. The van der Waals surface area contributed by atoms with Gasteiger partial charge in [0.1, 0.15) is 39.1 Å². The molecule has 0 aromatic heterocycles. The number of amides is 14. The molecule has 0 atom stereocenters. The van der Waals surface area contributed by atoms with Crippen LogP contribution in [-0.4, -0.2) is 394 Å². The highest BCUT2D eigenvalue weighted by Crippen LogP contribution is 2.00. The van der Waals surface area contributed by atoms with Gasteiger partial charge in [-0.2, -0.15) is 0 Å². The van der Waals surface area contributed by atoms with Crippen LogP contribution in [0.25, 0.3) is 0 Å². The van der Waals surface area contributed by atoms with E-state index in [-0.39, 0.29) is 82.1 Å². The normalized spacial score (nSPS) is 11.7. The second kappa shape index (κ2) is 116. The number of aliphatic carboxylic acids is 1. The lowest BCUT2D eigenvalue weighted by atomic mass is 10.3. The molecule has 698 valence electrons. The smallest absolute Gasteiger partial charge is 0.508 e.